The van der Waals surface area contributed by atoms with E-state index >= 15 is 0 Å². The van der Waals surface area contributed by atoms with Crippen LogP contribution in [0.3, 0.4) is 0 Å². The zero-order valence-corrected chi connectivity index (χ0v) is 10.4. The van der Waals surface area contributed by atoms with Crippen LogP contribution in [-0.4, -0.2) is 28.6 Å². The molecule has 4 nitrogen and oxygen atoms in total. The van der Waals surface area contributed by atoms with Crippen LogP contribution in [0.1, 0.15) is 38.2 Å². The Labute approximate surface area is 102 Å². The minimum absolute atomic E-state index is 0.690. The van der Waals surface area contributed by atoms with E-state index in [1.54, 1.807) is 0 Å². The Hall–Kier alpha value is -1.16. The van der Waals surface area contributed by atoms with Crippen LogP contribution in [0.5, 0.6) is 0 Å². The summed E-state index contributed by atoms with van der Waals surface area (Å²) in [6.07, 6.45) is 9.16. The first kappa shape index (κ1) is 11.0. The molecule has 3 rings (SSSR count). The van der Waals surface area contributed by atoms with Crippen LogP contribution < -0.4 is 10.2 Å². The van der Waals surface area contributed by atoms with Crippen molar-refractivity contribution in [2.75, 3.05) is 11.4 Å². The van der Waals surface area contributed by atoms with Gasteiger partial charge in [-0.05, 0) is 32.6 Å². The molecule has 1 N–H and O–H groups in total. The molecule has 92 valence electrons. The molecule has 2 aliphatic carbocycles. The molecule has 0 atom stereocenters. The number of rotatable bonds is 6. The SMILES string of the molecule is CCN(c1ncc(CNC2CC2)cn1)C1CC1. The second-order valence-electron chi connectivity index (χ2n) is 5.06. The molecule has 17 heavy (non-hydrogen) atoms. The summed E-state index contributed by atoms with van der Waals surface area (Å²) in [5, 5.41) is 3.48. The van der Waals surface area contributed by atoms with Crippen molar-refractivity contribution in [3.8, 4) is 0 Å². The van der Waals surface area contributed by atoms with Crippen LogP contribution in [0.4, 0.5) is 5.95 Å². The van der Waals surface area contributed by atoms with Crippen LogP contribution in [-0.2, 0) is 6.54 Å². The van der Waals surface area contributed by atoms with Gasteiger partial charge in [0.1, 0.15) is 0 Å². The fourth-order valence-corrected chi connectivity index (χ4v) is 2.09. The lowest BCUT2D eigenvalue weighted by Crippen LogP contribution is -2.27. The standard InChI is InChI=1S/C13H20N4/c1-2-17(12-5-6-12)13-15-8-10(9-16-13)7-14-11-3-4-11/h8-9,11-12,14H,2-7H2,1H3. The predicted molar refractivity (Wildman–Crippen MR) is 67.9 cm³/mol. The lowest BCUT2D eigenvalue weighted by Gasteiger charge is -2.19. The van der Waals surface area contributed by atoms with E-state index in [2.05, 4.69) is 27.1 Å². The van der Waals surface area contributed by atoms with Crippen molar-refractivity contribution in [3.63, 3.8) is 0 Å². The largest absolute Gasteiger partial charge is 0.338 e. The highest BCUT2D eigenvalue weighted by Crippen LogP contribution is 2.29. The third-order valence-electron chi connectivity index (χ3n) is 3.45. The van der Waals surface area contributed by atoms with Crippen molar-refractivity contribution in [1.82, 2.24) is 15.3 Å². The van der Waals surface area contributed by atoms with Gasteiger partial charge in [-0.15, -0.1) is 0 Å². The van der Waals surface area contributed by atoms with Gasteiger partial charge in [0.25, 0.3) is 0 Å². The van der Waals surface area contributed by atoms with Gasteiger partial charge < -0.3 is 10.2 Å². The summed E-state index contributed by atoms with van der Waals surface area (Å²) in [6, 6.07) is 1.43. The molecule has 0 unspecified atom stereocenters. The molecule has 0 bridgehead atoms. The number of aromatic nitrogens is 2. The molecule has 1 aromatic heterocycles. The highest BCUT2D eigenvalue weighted by atomic mass is 15.3. The molecule has 0 aromatic carbocycles. The van der Waals surface area contributed by atoms with Gasteiger partial charge in [0.2, 0.25) is 5.95 Å². The molecule has 2 aliphatic rings. The third kappa shape index (κ3) is 2.75. The second kappa shape index (κ2) is 4.61. The van der Waals surface area contributed by atoms with Crippen molar-refractivity contribution in [3.05, 3.63) is 18.0 Å². The molecule has 0 spiro atoms. The summed E-state index contributed by atoms with van der Waals surface area (Å²) in [5.41, 5.74) is 1.19. The predicted octanol–water partition coefficient (Wildman–Crippen LogP) is 1.72. The first-order valence-electron chi connectivity index (χ1n) is 6.67. The maximum atomic E-state index is 4.48. The Morgan fingerprint density at radius 1 is 1.24 bits per heavy atom. The van der Waals surface area contributed by atoms with Crippen molar-refractivity contribution in [1.29, 1.82) is 0 Å². The van der Waals surface area contributed by atoms with E-state index in [4.69, 9.17) is 0 Å². The molecule has 1 aromatic rings. The maximum Gasteiger partial charge on any atom is 0.225 e. The zero-order valence-electron chi connectivity index (χ0n) is 10.4. The van der Waals surface area contributed by atoms with Gasteiger partial charge >= 0.3 is 0 Å². The van der Waals surface area contributed by atoms with Gasteiger partial charge in [0.15, 0.2) is 0 Å². The van der Waals surface area contributed by atoms with Gasteiger partial charge in [-0.1, -0.05) is 0 Å². The van der Waals surface area contributed by atoms with Crippen molar-refractivity contribution in [2.45, 2.75) is 51.2 Å². The number of anilines is 1. The van der Waals surface area contributed by atoms with Gasteiger partial charge in [0, 0.05) is 43.1 Å². The van der Waals surface area contributed by atoms with E-state index in [1.807, 2.05) is 12.4 Å². The maximum absolute atomic E-state index is 4.48. The zero-order chi connectivity index (χ0) is 11.7. The van der Waals surface area contributed by atoms with Gasteiger partial charge in [0.05, 0.1) is 0 Å². The average molecular weight is 232 g/mol. The van der Waals surface area contributed by atoms with E-state index < -0.39 is 0 Å². The fourth-order valence-electron chi connectivity index (χ4n) is 2.09. The Morgan fingerprint density at radius 2 is 1.94 bits per heavy atom. The first-order valence-corrected chi connectivity index (χ1v) is 6.67. The molecule has 1 heterocycles. The number of nitrogens with one attached hydrogen (secondary N) is 1. The first-order chi connectivity index (χ1) is 8.36. The smallest absolute Gasteiger partial charge is 0.225 e. The van der Waals surface area contributed by atoms with E-state index in [0.717, 1.165) is 25.1 Å². The highest BCUT2D eigenvalue weighted by Gasteiger charge is 2.29. The molecule has 0 aliphatic heterocycles. The topological polar surface area (TPSA) is 41.1 Å². The summed E-state index contributed by atoms with van der Waals surface area (Å²) in [4.78, 5) is 11.3. The molecule has 4 heteroatoms. The fraction of sp³-hybridized carbons (Fsp3) is 0.692. The lowest BCUT2D eigenvalue weighted by atomic mass is 10.3. The third-order valence-corrected chi connectivity index (χ3v) is 3.45. The molecule has 2 saturated carbocycles. The average Bonchev–Trinajstić information content (AvgIpc) is 3.23. The molecule has 0 amide bonds. The van der Waals surface area contributed by atoms with Crippen LogP contribution in [0.25, 0.3) is 0 Å². The Kier molecular flexibility index (Phi) is 2.97. The molecule has 0 radical (unpaired) electrons. The van der Waals surface area contributed by atoms with Crippen LogP contribution in [0, 0.1) is 0 Å². The van der Waals surface area contributed by atoms with Gasteiger partial charge in [-0.25, -0.2) is 9.97 Å². The van der Waals surface area contributed by atoms with Crippen LogP contribution >= 0.6 is 0 Å². The molecular formula is C13H20N4. The summed E-state index contributed by atoms with van der Waals surface area (Å²) >= 11 is 0. The Bertz CT molecular complexity index is 368. The van der Waals surface area contributed by atoms with E-state index in [9.17, 15) is 0 Å². The van der Waals surface area contributed by atoms with Crippen molar-refractivity contribution < 1.29 is 0 Å². The van der Waals surface area contributed by atoms with E-state index in [1.165, 1.54) is 31.2 Å². The second-order valence-corrected chi connectivity index (χ2v) is 5.06. The summed E-state index contributed by atoms with van der Waals surface area (Å²) in [5.74, 6) is 0.894. The number of hydrogen-bond acceptors (Lipinski definition) is 4. The quantitative estimate of drug-likeness (QED) is 0.811. The van der Waals surface area contributed by atoms with Gasteiger partial charge in [-0.2, -0.15) is 0 Å². The normalized spacial score (nSPS) is 19.4. The number of nitrogens with zero attached hydrogens (tertiary/aromatic N) is 3. The minimum Gasteiger partial charge on any atom is -0.338 e. The summed E-state index contributed by atoms with van der Waals surface area (Å²) < 4.78 is 0. The van der Waals surface area contributed by atoms with E-state index in [-0.39, 0.29) is 0 Å². The lowest BCUT2D eigenvalue weighted by molar-refractivity contribution is 0.681. The van der Waals surface area contributed by atoms with Crippen LogP contribution in [0.15, 0.2) is 12.4 Å². The van der Waals surface area contributed by atoms with Gasteiger partial charge in [-0.3, -0.25) is 0 Å². The van der Waals surface area contributed by atoms with Crippen molar-refractivity contribution in [2.24, 2.45) is 0 Å². The minimum atomic E-state index is 0.690. The summed E-state index contributed by atoms with van der Waals surface area (Å²) in [7, 11) is 0. The van der Waals surface area contributed by atoms with E-state index in [0.29, 0.717) is 6.04 Å². The molecule has 0 saturated heterocycles. The highest BCUT2D eigenvalue weighted by molar-refractivity contribution is 5.33. The summed E-state index contributed by atoms with van der Waals surface area (Å²) in [6.45, 7) is 4.08. The molecule has 2 fully saturated rings. The number of hydrogen-bond donors (Lipinski definition) is 1. The molecular weight excluding hydrogens is 212 g/mol. The monoisotopic (exact) mass is 232 g/mol. The Balaban J connectivity index is 1.61. The Morgan fingerprint density at radius 3 is 2.47 bits per heavy atom. The van der Waals surface area contributed by atoms with Crippen LogP contribution in [0.2, 0.25) is 0 Å². The van der Waals surface area contributed by atoms with Crippen molar-refractivity contribution >= 4 is 5.95 Å².